The average Bonchev–Trinajstić information content (AvgIpc) is 2.89. The Morgan fingerprint density at radius 2 is 2.00 bits per heavy atom. The van der Waals surface area contributed by atoms with Crippen molar-refractivity contribution in [1.29, 1.82) is 0 Å². The predicted octanol–water partition coefficient (Wildman–Crippen LogP) is 1.35. The normalized spacial score (nSPS) is 16.0. The van der Waals surface area contributed by atoms with Crippen LogP contribution in [0, 0.1) is 0 Å². The van der Waals surface area contributed by atoms with Crippen LogP contribution in [-0.2, 0) is 16.0 Å². The summed E-state index contributed by atoms with van der Waals surface area (Å²) >= 11 is 0. The first-order valence-electron chi connectivity index (χ1n) is 7.36. The number of amides is 2. The van der Waals surface area contributed by atoms with Gasteiger partial charge in [-0.2, -0.15) is 0 Å². The number of carbonyl (C=O) groups is 2. The summed E-state index contributed by atoms with van der Waals surface area (Å²) in [4.78, 5) is 27.7. The molecular weight excluding hydrogens is 266 g/mol. The van der Waals surface area contributed by atoms with Gasteiger partial charge in [0.15, 0.2) is 0 Å². The van der Waals surface area contributed by atoms with Gasteiger partial charge in [0.2, 0.25) is 11.8 Å². The molecule has 5 nitrogen and oxygen atoms in total. The number of rotatable bonds is 5. The molecule has 0 spiro atoms. The Bertz CT molecular complexity index is 503. The molecule has 1 unspecified atom stereocenters. The lowest BCUT2D eigenvalue weighted by Crippen LogP contribution is -2.46. The molecule has 0 aliphatic carbocycles. The third-order valence-electron chi connectivity index (χ3n) is 3.70. The number of fused-ring (bicyclic) bond motifs is 1. The maximum atomic E-state index is 12.7. The number of benzene rings is 1. The fraction of sp³-hybridized carbons (Fsp3) is 0.500. The van der Waals surface area contributed by atoms with E-state index in [9.17, 15) is 9.59 Å². The Labute approximate surface area is 125 Å². The number of hydrogen-bond acceptors (Lipinski definition) is 3. The van der Waals surface area contributed by atoms with Crippen molar-refractivity contribution < 1.29 is 9.59 Å². The van der Waals surface area contributed by atoms with Crippen LogP contribution in [0.1, 0.15) is 18.9 Å². The Hall–Kier alpha value is -2.04. The molecule has 1 heterocycles. The van der Waals surface area contributed by atoms with Gasteiger partial charge in [-0.15, -0.1) is 0 Å². The number of likely N-dealkylation sites (N-methyl/N-ethyl adjacent to an activating group) is 1. The number of para-hydroxylation sites is 1. The van der Waals surface area contributed by atoms with E-state index in [4.69, 9.17) is 0 Å². The van der Waals surface area contributed by atoms with Gasteiger partial charge in [-0.3, -0.25) is 9.59 Å². The molecule has 1 N–H and O–H groups in total. The summed E-state index contributed by atoms with van der Waals surface area (Å²) in [5, 5.41) is 3.26. The summed E-state index contributed by atoms with van der Waals surface area (Å²) < 4.78 is 0. The Morgan fingerprint density at radius 3 is 2.62 bits per heavy atom. The summed E-state index contributed by atoms with van der Waals surface area (Å²) in [6, 6.07) is 7.69. The van der Waals surface area contributed by atoms with E-state index in [-0.39, 0.29) is 24.4 Å². The van der Waals surface area contributed by atoms with E-state index >= 15 is 0 Å². The second kappa shape index (κ2) is 6.61. The van der Waals surface area contributed by atoms with Gasteiger partial charge in [0.1, 0.15) is 6.04 Å². The maximum absolute atomic E-state index is 12.7. The molecular formula is C16H23N3O2. The lowest BCUT2D eigenvalue weighted by Gasteiger charge is -2.26. The van der Waals surface area contributed by atoms with Crippen molar-refractivity contribution in [2.45, 2.75) is 25.8 Å². The largest absolute Gasteiger partial charge is 0.373 e. The number of anilines is 1. The molecule has 0 saturated carbocycles. The van der Waals surface area contributed by atoms with Gasteiger partial charge in [-0.1, -0.05) is 25.1 Å². The van der Waals surface area contributed by atoms with Crippen molar-refractivity contribution >= 4 is 17.5 Å². The summed E-state index contributed by atoms with van der Waals surface area (Å²) in [5.41, 5.74) is 2.18. The lowest BCUT2D eigenvalue weighted by atomic mass is 10.1. The predicted molar refractivity (Wildman–Crippen MR) is 83.1 cm³/mol. The molecule has 0 aromatic heterocycles. The SMILES string of the molecule is CCCN(CC(=O)N(C)C)C(=O)C1Cc2ccccc2N1. The first kappa shape index (κ1) is 15.4. The van der Waals surface area contributed by atoms with Gasteiger partial charge in [0.05, 0.1) is 6.54 Å². The molecule has 0 bridgehead atoms. The van der Waals surface area contributed by atoms with Gasteiger partial charge in [-0.05, 0) is 18.1 Å². The van der Waals surface area contributed by atoms with Crippen LogP contribution in [0.15, 0.2) is 24.3 Å². The third-order valence-corrected chi connectivity index (χ3v) is 3.70. The first-order chi connectivity index (χ1) is 10.0. The van der Waals surface area contributed by atoms with Crippen LogP contribution >= 0.6 is 0 Å². The molecule has 1 aliphatic heterocycles. The minimum absolute atomic E-state index is 0.00301. The smallest absolute Gasteiger partial charge is 0.245 e. The topological polar surface area (TPSA) is 52.7 Å². The summed E-state index contributed by atoms with van der Waals surface area (Å²) in [5.74, 6) is -0.0458. The maximum Gasteiger partial charge on any atom is 0.245 e. The monoisotopic (exact) mass is 289 g/mol. The van der Waals surface area contributed by atoms with Crippen LogP contribution < -0.4 is 5.32 Å². The Morgan fingerprint density at radius 1 is 1.29 bits per heavy atom. The zero-order valence-electron chi connectivity index (χ0n) is 12.9. The zero-order chi connectivity index (χ0) is 15.4. The number of carbonyl (C=O) groups excluding carboxylic acids is 2. The standard InChI is InChI=1S/C16H23N3O2/c1-4-9-19(11-15(20)18(2)3)16(21)14-10-12-7-5-6-8-13(12)17-14/h5-8,14,17H,4,9-11H2,1-3H3. The number of nitrogens with one attached hydrogen (secondary N) is 1. The first-order valence-corrected chi connectivity index (χ1v) is 7.36. The van der Waals surface area contributed by atoms with E-state index in [0.717, 1.165) is 17.7 Å². The molecule has 2 amide bonds. The average molecular weight is 289 g/mol. The zero-order valence-corrected chi connectivity index (χ0v) is 12.9. The highest BCUT2D eigenvalue weighted by Crippen LogP contribution is 2.26. The molecule has 0 saturated heterocycles. The highest BCUT2D eigenvalue weighted by molar-refractivity contribution is 5.90. The Balaban J connectivity index is 2.04. The minimum Gasteiger partial charge on any atom is -0.373 e. The van der Waals surface area contributed by atoms with Crippen LogP contribution in [0.4, 0.5) is 5.69 Å². The van der Waals surface area contributed by atoms with Crippen molar-refractivity contribution in [2.24, 2.45) is 0 Å². The van der Waals surface area contributed by atoms with E-state index in [0.29, 0.717) is 13.0 Å². The molecule has 1 aliphatic rings. The molecule has 0 radical (unpaired) electrons. The van der Waals surface area contributed by atoms with E-state index in [1.54, 1.807) is 19.0 Å². The summed E-state index contributed by atoms with van der Waals surface area (Å²) in [6.07, 6.45) is 1.53. The number of nitrogens with zero attached hydrogens (tertiary/aromatic N) is 2. The second-order valence-corrected chi connectivity index (χ2v) is 5.61. The van der Waals surface area contributed by atoms with Gasteiger partial charge in [0, 0.05) is 32.7 Å². The summed E-state index contributed by atoms with van der Waals surface area (Å²) in [7, 11) is 3.42. The van der Waals surface area contributed by atoms with Gasteiger partial charge in [0.25, 0.3) is 0 Å². The lowest BCUT2D eigenvalue weighted by molar-refractivity contribution is -0.139. The van der Waals surface area contributed by atoms with Crippen molar-refractivity contribution in [3.63, 3.8) is 0 Å². The molecule has 114 valence electrons. The van der Waals surface area contributed by atoms with E-state index in [2.05, 4.69) is 5.32 Å². The van der Waals surface area contributed by atoms with Gasteiger partial charge in [-0.25, -0.2) is 0 Å². The summed E-state index contributed by atoms with van der Waals surface area (Å²) in [6.45, 7) is 2.76. The second-order valence-electron chi connectivity index (χ2n) is 5.61. The molecule has 1 atom stereocenters. The van der Waals surface area contributed by atoms with Crippen LogP contribution in [0.2, 0.25) is 0 Å². The molecule has 2 rings (SSSR count). The third kappa shape index (κ3) is 3.54. The van der Waals surface area contributed by atoms with Crippen LogP contribution in [-0.4, -0.2) is 54.8 Å². The van der Waals surface area contributed by atoms with Crippen LogP contribution in [0.5, 0.6) is 0 Å². The van der Waals surface area contributed by atoms with E-state index in [1.165, 1.54) is 4.90 Å². The number of hydrogen-bond donors (Lipinski definition) is 1. The van der Waals surface area contributed by atoms with Crippen molar-refractivity contribution in [3.8, 4) is 0 Å². The van der Waals surface area contributed by atoms with Crippen LogP contribution in [0.3, 0.4) is 0 Å². The Kier molecular flexibility index (Phi) is 4.83. The molecule has 0 fully saturated rings. The van der Waals surface area contributed by atoms with Gasteiger partial charge < -0.3 is 15.1 Å². The molecule has 21 heavy (non-hydrogen) atoms. The quantitative estimate of drug-likeness (QED) is 0.890. The fourth-order valence-corrected chi connectivity index (χ4v) is 2.51. The van der Waals surface area contributed by atoms with Crippen molar-refractivity contribution in [1.82, 2.24) is 9.80 Å². The minimum atomic E-state index is -0.260. The van der Waals surface area contributed by atoms with E-state index < -0.39 is 0 Å². The van der Waals surface area contributed by atoms with Gasteiger partial charge >= 0.3 is 0 Å². The molecule has 1 aromatic rings. The van der Waals surface area contributed by atoms with Crippen molar-refractivity contribution in [3.05, 3.63) is 29.8 Å². The fourth-order valence-electron chi connectivity index (χ4n) is 2.51. The van der Waals surface area contributed by atoms with Crippen LogP contribution in [0.25, 0.3) is 0 Å². The molecule has 1 aromatic carbocycles. The highest BCUT2D eigenvalue weighted by atomic mass is 16.2. The van der Waals surface area contributed by atoms with E-state index in [1.807, 2.05) is 31.2 Å². The highest BCUT2D eigenvalue weighted by Gasteiger charge is 2.30. The van der Waals surface area contributed by atoms with Crippen molar-refractivity contribution in [2.75, 3.05) is 32.5 Å². The molecule has 5 heteroatoms.